The molecule has 0 radical (unpaired) electrons. The normalized spacial score (nSPS) is 16.0. The van der Waals surface area contributed by atoms with Crippen LogP contribution >= 0.6 is 11.3 Å². The first-order valence-electron chi connectivity index (χ1n) is 12.6. The summed E-state index contributed by atoms with van der Waals surface area (Å²) in [7, 11) is 0. The van der Waals surface area contributed by atoms with Crippen molar-refractivity contribution in [1.29, 1.82) is 0 Å². The Bertz CT molecular complexity index is 1330. The van der Waals surface area contributed by atoms with E-state index < -0.39 is 18.0 Å². The number of β-amino-alcohol motifs (C(OH)–C–C–N with tert-alkyl or cyclic N) is 1. The van der Waals surface area contributed by atoms with Crippen LogP contribution in [0, 0.1) is 5.92 Å². The molecule has 3 aromatic heterocycles. The van der Waals surface area contributed by atoms with Crippen LogP contribution in [0.5, 0.6) is 5.75 Å². The summed E-state index contributed by atoms with van der Waals surface area (Å²) in [6.45, 7) is 3.17. The fourth-order valence-corrected chi connectivity index (χ4v) is 5.37. The number of aromatic nitrogens is 2. The number of likely N-dealkylation sites (tertiary alicyclic amines) is 1. The minimum Gasteiger partial charge on any atom is -0.491 e. The maximum Gasteiger partial charge on any atom is 0.433 e. The van der Waals surface area contributed by atoms with Crippen molar-refractivity contribution >= 4 is 28.1 Å². The van der Waals surface area contributed by atoms with E-state index in [4.69, 9.17) is 4.74 Å². The molecule has 6 nitrogen and oxygen atoms in total. The quantitative estimate of drug-likeness (QED) is 0.273. The Balaban J connectivity index is 1.18. The number of fused-ring (bicyclic) bond motifs is 1. The van der Waals surface area contributed by atoms with E-state index in [1.165, 1.54) is 17.4 Å². The van der Waals surface area contributed by atoms with E-state index >= 15 is 0 Å². The molecule has 0 aliphatic carbocycles. The fraction of sp³-hybridized carbons (Fsp3) is 0.357. The van der Waals surface area contributed by atoms with E-state index in [0.717, 1.165) is 43.3 Å². The van der Waals surface area contributed by atoms with Gasteiger partial charge in [0.25, 0.3) is 0 Å². The lowest BCUT2D eigenvalue weighted by Crippen LogP contribution is -2.41. The van der Waals surface area contributed by atoms with Crippen LogP contribution in [0.3, 0.4) is 0 Å². The van der Waals surface area contributed by atoms with Crippen LogP contribution in [0.4, 0.5) is 19.0 Å². The number of benzene rings is 1. The Kier molecular flexibility index (Phi) is 8.11. The second-order valence-corrected chi connectivity index (χ2v) is 10.3. The number of piperidine rings is 1. The zero-order valence-electron chi connectivity index (χ0n) is 20.7. The average molecular weight is 543 g/mol. The molecule has 1 aliphatic rings. The molecule has 10 heteroatoms. The number of pyridine rings is 2. The summed E-state index contributed by atoms with van der Waals surface area (Å²) in [6, 6.07) is 13.8. The smallest absolute Gasteiger partial charge is 0.433 e. The van der Waals surface area contributed by atoms with Gasteiger partial charge < -0.3 is 20.1 Å². The van der Waals surface area contributed by atoms with Crippen LogP contribution in [-0.2, 0) is 6.18 Å². The molecule has 38 heavy (non-hydrogen) atoms. The number of para-hydroxylation sites is 1. The summed E-state index contributed by atoms with van der Waals surface area (Å²) in [6.07, 6.45) is -1.61. The van der Waals surface area contributed by atoms with Crippen molar-refractivity contribution in [2.75, 3.05) is 38.1 Å². The first-order chi connectivity index (χ1) is 18.4. The molecule has 1 unspecified atom stereocenters. The van der Waals surface area contributed by atoms with Crippen molar-refractivity contribution in [2.24, 2.45) is 5.92 Å². The monoisotopic (exact) mass is 542 g/mol. The Morgan fingerprint density at radius 2 is 1.89 bits per heavy atom. The zero-order valence-corrected chi connectivity index (χ0v) is 21.5. The number of hydrogen-bond donors (Lipinski definition) is 2. The third kappa shape index (κ3) is 6.43. The molecule has 1 aliphatic heterocycles. The number of aliphatic hydroxyl groups excluding tert-OH is 1. The topological polar surface area (TPSA) is 70.5 Å². The van der Waals surface area contributed by atoms with Gasteiger partial charge in [0.2, 0.25) is 0 Å². The molecule has 2 N–H and O–H groups in total. The highest BCUT2D eigenvalue weighted by atomic mass is 32.1. The minimum absolute atomic E-state index is 0.246. The Morgan fingerprint density at radius 1 is 1.11 bits per heavy atom. The van der Waals surface area contributed by atoms with Crippen LogP contribution < -0.4 is 10.1 Å². The van der Waals surface area contributed by atoms with Gasteiger partial charge in [0, 0.05) is 30.2 Å². The van der Waals surface area contributed by atoms with E-state index in [0.29, 0.717) is 35.8 Å². The lowest BCUT2D eigenvalue weighted by Gasteiger charge is -2.33. The van der Waals surface area contributed by atoms with Crippen molar-refractivity contribution in [3.05, 3.63) is 71.2 Å². The number of halogens is 3. The molecule has 0 bridgehead atoms. The maximum atomic E-state index is 13.4. The summed E-state index contributed by atoms with van der Waals surface area (Å²) >= 11 is 1.47. The predicted octanol–water partition coefficient (Wildman–Crippen LogP) is 5.94. The number of nitrogens with one attached hydrogen (secondary N) is 1. The number of rotatable bonds is 9. The molecule has 5 rings (SSSR count). The van der Waals surface area contributed by atoms with Crippen LogP contribution in [0.2, 0.25) is 0 Å². The average Bonchev–Trinajstić information content (AvgIpc) is 3.46. The van der Waals surface area contributed by atoms with E-state index in [9.17, 15) is 18.3 Å². The number of anilines is 1. The number of aliphatic hydroxyl groups is 1. The highest BCUT2D eigenvalue weighted by molar-refractivity contribution is 7.08. The lowest BCUT2D eigenvalue weighted by molar-refractivity contribution is -0.140. The second kappa shape index (κ2) is 11.7. The van der Waals surface area contributed by atoms with Crippen molar-refractivity contribution < 1.29 is 23.0 Å². The summed E-state index contributed by atoms with van der Waals surface area (Å²) in [5, 5.41) is 18.1. The Morgan fingerprint density at radius 3 is 2.61 bits per heavy atom. The molecule has 4 aromatic rings. The van der Waals surface area contributed by atoms with Gasteiger partial charge in [0.15, 0.2) is 0 Å². The van der Waals surface area contributed by atoms with Gasteiger partial charge in [-0.3, -0.25) is 0 Å². The van der Waals surface area contributed by atoms with Crippen molar-refractivity contribution in [3.8, 4) is 16.9 Å². The largest absolute Gasteiger partial charge is 0.491 e. The molecule has 1 atom stereocenters. The van der Waals surface area contributed by atoms with Crippen LogP contribution in [-0.4, -0.2) is 58.9 Å². The predicted molar refractivity (Wildman–Crippen MR) is 143 cm³/mol. The third-order valence-electron chi connectivity index (χ3n) is 6.77. The van der Waals surface area contributed by atoms with Gasteiger partial charge in [-0.05, 0) is 78.5 Å². The lowest BCUT2D eigenvalue weighted by atomic mass is 9.96. The Labute approximate surface area is 223 Å². The first-order valence-corrected chi connectivity index (χ1v) is 13.5. The summed E-state index contributed by atoms with van der Waals surface area (Å²) < 4.78 is 45.8. The second-order valence-electron chi connectivity index (χ2n) is 9.53. The first kappa shape index (κ1) is 26.4. The summed E-state index contributed by atoms with van der Waals surface area (Å²) in [4.78, 5) is 10.8. The van der Waals surface area contributed by atoms with Crippen LogP contribution in [0.25, 0.3) is 22.0 Å². The van der Waals surface area contributed by atoms with Crippen molar-refractivity contribution in [1.82, 2.24) is 14.9 Å². The van der Waals surface area contributed by atoms with E-state index in [2.05, 4.69) is 20.2 Å². The highest BCUT2D eigenvalue weighted by Crippen LogP contribution is 2.35. The van der Waals surface area contributed by atoms with Crippen LogP contribution in [0.1, 0.15) is 18.5 Å². The highest BCUT2D eigenvalue weighted by Gasteiger charge is 2.33. The van der Waals surface area contributed by atoms with Gasteiger partial charge in [0.1, 0.15) is 30.0 Å². The van der Waals surface area contributed by atoms with Gasteiger partial charge in [-0.1, -0.05) is 18.2 Å². The standard InChI is InChI=1S/C28H29F3N4O2S/c29-28(30,31)25-7-6-23-26(34-25)24(20-10-13-38-18-20)15-33-27(23)32-14-19-8-11-35(12-9-19)16-21(36)17-37-22-4-2-1-3-5-22/h1-7,10,13,15,18-19,21,36H,8-9,11-12,14,16-17H2,(H,32,33). The number of thiophene rings is 1. The van der Waals surface area contributed by atoms with Crippen LogP contribution in [0.15, 0.2) is 65.5 Å². The molecule has 200 valence electrons. The van der Waals surface area contributed by atoms with Gasteiger partial charge >= 0.3 is 6.18 Å². The number of hydrogen-bond acceptors (Lipinski definition) is 7. The molecule has 0 amide bonds. The maximum absolute atomic E-state index is 13.4. The molecule has 1 aromatic carbocycles. The van der Waals surface area contributed by atoms with Gasteiger partial charge in [-0.2, -0.15) is 24.5 Å². The van der Waals surface area contributed by atoms with E-state index in [1.807, 2.05) is 47.2 Å². The number of nitrogens with zero attached hydrogens (tertiary/aromatic N) is 3. The van der Waals surface area contributed by atoms with Gasteiger partial charge in [0.05, 0.1) is 5.52 Å². The molecular formula is C28H29F3N4O2S. The van der Waals surface area contributed by atoms with Crippen molar-refractivity contribution in [3.63, 3.8) is 0 Å². The Hall–Kier alpha value is -3.21. The number of alkyl halides is 3. The molecule has 1 fully saturated rings. The number of ether oxygens (including phenoxy) is 1. The summed E-state index contributed by atoms with van der Waals surface area (Å²) in [5.74, 6) is 1.67. The van der Waals surface area contributed by atoms with Gasteiger partial charge in [-0.25, -0.2) is 9.97 Å². The third-order valence-corrected chi connectivity index (χ3v) is 7.45. The molecule has 1 saturated heterocycles. The molecule has 4 heterocycles. The van der Waals surface area contributed by atoms with E-state index in [-0.39, 0.29) is 12.1 Å². The van der Waals surface area contributed by atoms with Crippen molar-refractivity contribution in [2.45, 2.75) is 25.1 Å². The zero-order chi connectivity index (χ0) is 26.5. The molecule has 0 saturated carbocycles. The molecule has 0 spiro atoms. The summed E-state index contributed by atoms with van der Waals surface area (Å²) in [5.41, 5.74) is 0.759. The fourth-order valence-electron chi connectivity index (χ4n) is 4.72. The minimum atomic E-state index is -4.52. The van der Waals surface area contributed by atoms with Gasteiger partial charge in [-0.15, -0.1) is 0 Å². The van der Waals surface area contributed by atoms with E-state index in [1.54, 1.807) is 6.20 Å². The SMILES string of the molecule is OC(COc1ccccc1)CN1CCC(CNc2ncc(-c3ccsc3)c3nc(C(F)(F)F)ccc23)CC1. The molecular weight excluding hydrogens is 513 g/mol.